The number of benzene rings is 1. The molecule has 3 amide bonds. The van der Waals surface area contributed by atoms with Crippen LogP contribution in [0.4, 0.5) is 23.7 Å². The molecule has 31 heavy (non-hydrogen) atoms. The summed E-state index contributed by atoms with van der Waals surface area (Å²) in [5.41, 5.74) is -0.0666. The molecule has 0 bridgehead atoms. The van der Waals surface area contributed by atoms with Crippen molar-refractivity contribution in [2.45, 2.75) is 32.6 Å². The van der Waals surface area contributed by atoms with Crippen LogP contribution in [-0.4, -0.2) is 32.6 Å². The Kier molecular flexibility index (Phi) is 6.42. The zero-order valence-electron chi connectivity index (χ0n) is 16.8. The van der Waals surface area contributed by atoms with Crippen molar-refractivity contribution in [3.8, 4) is 0 Å². The maximum atomic E-state index is 13.0. The SMILES string of the molecule is CC(C)[C@@H](NC(=O)Nc1ccccc1)C(=O)NCc1nnc2ccc(C(F)(F)F)cn12. The lowest BCUT2D eigenvalue weighted by Gasteiger charge is -2.21. The number of hydrogen-bond donors (Lipinski definition) is 3. The van der Waals surface area contributed by atoms with E-state index in [1.807, 2.05) is 0 Å². The van der Waals surface area contributed by atoms with Gasteiger partial charge in [-0.1, -0.05) is 32.0 Å². The predicted molar refractivity (Wildman–Crippen MR) is 107 cm³/mol. The van der Waals surface area contributed by atoms with Crippen molar-refractivity contribution in [2.75, 3.05) is 5.32 Å². The molecule has 0 unspecified atom stereocenters. The number of halogens is 3. The summed E-state index contributed by atoms with van der Waals surface area (Å²) in [7, 11) is 0. The van der Waals surface area contributed by atoms with Gasteiger partial charge in [-0.15, -0.1) is 10.2 Å². The van der Waals surface area contributed by atoms with Gasteiger partial charge in [0.05, 0.1) is 12.1 Å². The van der Waals surface area contributed by atoms with Crippen molar-refractivity contribution < 1.29 is 22.8 Å². The number of amides is 3. The molecule has 1 atom stereocenters. The fourth-order valence-electron chi connectivity index (χ4n) is 2.87. The lowest BCUT2D eigenvalue weighted by atomic mass is 10.0. The van der Waals surface area contributed by atoms with E-state index in [0.29, 0.717) is 5.69 Å². The fourth-order valence-corrected chi connectivity index (χ4v) is 2.87. The van der Waals surface area contributed by atoms with Gasteiger partial charge in [-0.25, -0.2) is 4.79 Å². The minimum Gasteiger partial charge on any atom is -0.347 e. The number of fused-ring (bicyclic) bond motifs is 1. The third kappa shape index (κ3) is 5.50. The number of pyridine rings is 1. The quantitative estimate of drug-likeness (QED) is 0.555. The molecular formula is C20H21F3N6O2. The van der Waals surface area contributed by atoms with Crippen molar-refractivity contribution in [1.82, 2.24) is 25.2 Å². The third-order valence-corrected chi connectivity index (χ3v) is 4.49. The number of alkyl halides is 3. The fraction of sp³-hybridized carbons (Fsp3) is 0.300. The summed E-state index contributed by atoms with van der Waals surface area (Å²) >= 11 is 0. The van der Waals surface area contributed by atoms with Gasteiger partial charge < -0.3 is 16.0 Å². The van der Waals surface area contributed by atoms with E-state index in [1.165, 1.54) is 10.5 Å². The van der Waals surface area contributed by atoms with Gasteiger partial charge in [-0.05, 0) is 30.2 Å². The van der Waals surface area contributed by atoms with Crippen molar-refractivity contribution in [1.29, 1.82) is 0 Å². The van der Waals surface area contributed by atoms with Crippen molar-refractivity contribution in [2.24, 2.45) is 5.92 Å². The number of carbonyl (C=O) groups excluding carboxylic acids is 2. The van der Waals surface area contributed by atoms with Crippen LogP contribution in [0, 0.1) is 5.92 Å². The van der Waals surface area contributed by atoms with E-state index in [0.717, 1.165) is 12.3 Å². The zero-order chi connectivity index (χ0) is 22.6. The molecular weight excluding hydrogens is 413 g/mol. The maximum absolute atomic E-state index is 13.0. The lowest BCUT2D eigenvalue weighted by Crippen LogP contribution is -2.50. The summed E-state index contributed by atoms with van der Waals surface area (Å²) in [6.07, 6.45) is -3.64. The van der Waals surface area contributed by atoms with E-state index < -0.39 is 29.7 Å². The van der Waals surface area contributed by atoms with Gasteiger partial charge in [-0.2, -0.15) is 13.2 Å². The summed E-state index contributed by atoms with van der Waals surface area (Å²) in [5.74, 6) is -0.610. The molecule has 0 aliphatic heterocycles. The molecule has 164 valence electrons. The van der Waals surface area contributed by atoms with Gasteiger partial charge in [-0.3, -0.25) is 9.20 Å². The molecule has 2 heterocycles. The first-order chi connectivity index (χ1) is 14.6. The molecule has 2 aromatic heterocycles. The van der Waals surface area contributed by atoms with Gasteiger partial charge in [0.1, 0.15) is 6.04 Å². The second kappa shape index (κ2) is 9.02. The number of carbonyl (C=O) groups is 2. The molecule has 0 aliphatic carbocycles. The summed E-state index contributed by atoms with van der Waals surface area (Å²) < 4.78 is 40.1. The average molecular weight is 434 g/mol. The molecule has 8 nitrogen and oxygen atoms in total. The van der Waals surface area contributed by atoms with Crippen LogP contribution in [0.3, 0.4) is 0 Å². The first-order valence-corrected chi connectivity index (χ1v) is 9.46. The van der Waals surface area contributed by atoms with Crippen molar-refractivity contribution in [3.63, 3.8) is 0 Å². The Hall–Kier alpha value is -3.63. The standard InChI is InChI=1S/C20H21F3N6O2/c1-12(2)17(26-19(31)25-14-6-4-3-5-7-14)18(30)24-10-16-28-27-15-9-8-13(11-29(15)16)20(21,22)23/h3-9,11-12,17H,10H2,1-2H3,(H,24,30)(H2,25,26,31)/t17-/m1/s1. The minimum absolute atomic E-state index is 0.130. The predicted octanol–water partition coefficient (Wildman–Crippen LogP) is 3.21. The van der Waals surface area contributed by atoms with E-state index in [2.05, 4.69) is 26.1 Å². The normalized spacial score (nSPS) is 12.6. The second-order valence-electron chi connectivity index (χ2n) is 7.16. The molecule has 0 spiro atoms. The van der Waals surface area contributed by atoms with Gasteiger partial charge in [0.2, 0.25) is 5.91 Å². The lowest BCUT2D eigenvalue weighted by molar-refractivity contribution is -0.137. The highest BCUT2D eigenvalue weighted by atomic mass is 19.4. The first-order valence-electron chi connectivity index (χ1n) is 9.46. The minimum atomic E-state index is -4.52. The number of hydrogen-bond acceptors (Lipinski definition) is 4. The number of rotatable bonds is 6. The molecule has 3 N–H and O–H groups in total. The van der Waals surface area contributed by atoms with E-state index in [1.54, 1.807) is 44.2 Å². The van der Waals surface area contributed by atoms with Crippen LogP contribution in [0.15, 0.2) is 48.7 Å². The van der Waals surface area contributed by atoms with Gasteiger partial charge in [0, 0.05) is 11.9 Å². The summed E-state index contributed by atoms with van der Waals surface area (Å²) in [6, 6.07) is 9.43. The topological polar surface area (TPSA) is 100 Å². The largest absolute Gasteiger partial charge is 0.417 e. The highest BCUT2D eigenvalue weighted by Gasteiger charge is 2.31. The molecule has 1 aromatic carbocycles. The van der Waals surface area contributed by atoms with E-state index in [4.69, 9.17) is 0 Å². The zero-order valence-corrected chi connectivity index (χ0v) is 16.8. The first kappa shape index (κ1) is 22.1. The Balaban J connectivity index is 1.67. The number of aromatic nitrogens is 3. The Morgan fingerprint density at radius 3 is 2.42 bits per heavy atom. The molecule has 0 saturated carbocycles. The van der Waals surface area contributed by atoms with Crippen LogP contribution in [0.1, 0.15) is 25.2 Å². The van der Waals surface area contributed by atoms with Gasteiger partial charge >= 0.3 is 12.2 Å². The van der Waals surface area contributed by atoms with Crippen LogP contribution in [0.25, 0.3) is 5.65 Å². The molecule has 11 heteroatoms. The highest BCUT2D eigenvalue weighted by molar-refractivity contribution is 5.93. The average Bonchev–Trinajstić information content (AvgIpc) is 3.12. The van der Waals surface area contributed by atoms with E-state index in [-0.39, 0.29) is 23.9 Å². The highest BCUT2D eigenvalue weighted by Crippen LogP contribution is 2.29. The molecule has 0 aliphatic rings. The summed E-state index contributed by atoms with van der Waals surface area (Å²) in [6.45, 7) is 3.36. The molecule has 3 aromatic rings. The third-order valence-electron chi connectivity index (χ3n) is 4.49. The maximum Gasteiger partial charge on any atom is 0.417 e. The number of anilines is 1. The van der Waals surface area contributed by atoms with E-state index >= 15 is 0 Å². The molecule has 0 saturated heterocycles. The van der Waals surface area contributed by atoms with Gasteiger partial charge in [0.15, 0.2) is 11.5 Å². The number of para-hydroxylation sites is 1. The summed E-state index contributed by atoms with van der Waals surface area (Å²) in [5, 5.41) is 15.5. The van der Waals surface area contributed by atoms with Crippen molar-refractivity contribution >= 4 is 23.3 Å². The Bertz CT molecular complexity index is 1070. The van der Waals surface area contributed by atoms with Crippen LogP contribution >= 0.6 is 0 Å². The van der Waals surface area contributed by atoms with Crippen LogP contribution in [0.2, 0.25) is 0 Å². The Morgan fingerprint density at radius 2 is 1.77 bits per heavy atom. The molecule has 3 rings (SSSR count). The number of urea groups is 1. The number of nitrogens with zero attached hydrogens (tertiary/aromatic N) is 3. The van der Waals surface area contributed by atoms with Crippen LogP contribution < -0.4 is 16.0 Å². The monoisotopic (exact) mass is 434 g/mol. The van der Waals surface area contributed by atoms with Crippen molar-refractivity contribution in [3.05, 3.63) is 60.0 Å². The van der Waals surface area contributed by atoms with Gasteiger partial charge in [0.25, 0.3) is 0 Å². The Labute approximate surface area is 175 Å². The Morgan fingerprint density at radius 1 is 1.06 bits per heavy atom. The van der Waals surface area contributed by atoms with E-state index in [9.17, 15) is 22.8 Å². The summed E-state index contributed by atoms with van der Waals surface area (Å²) in [4.78, 5) is 24.9. The smallest absolute Gasteiger partial charge is 0.347 e. The second-order valence-corrected chi connectivity index (χ2v) is 7.16. The molecule has 0 fully saturated rings. The van der Waals surface area contributed by atoms with Crippen LogP contribution in [-0.2, 0) is 17.5 Å². The molecule has 0 radical (unpaired) electrons. The van der Waals surface area contributed by atoms with Crippen LogP contribution in [0.5, 0.6) is 0 Å². The number of nitrogens with one attached hydrogen (secondary N) is 3.